The van der Waals surface area contributed by atoms with Crippen molar-refractivity contribution in [3.05, 3.63) is 94.6 Å². The van der Waals surface area contributed by atoms with E-state index in [1.807, 2.05) is 54.6 Å². The maximum Gasteiger partial charge on any atom is 0.254 e. The number of pyridine rings is 1. The average molecular weight is 409 g/mol. The zero-order valence-corrected chi connectivity index (χ0v) is 16.6. The molecule has 148 valence electrons. The van der Waals surface area contributed by atoms with Gasteiger partial charge in [0.25, 0.3) is 5.91 Å². The highest BCUT2D eigenvalue weighted by molar-refractivity contribution is 6.30. The second kappa shape index (κ2) is 9.07. The van der Waals surface area contributed by atoms with Crippen LogP contribution in [0, 0.1) is 0 Å². The van der Waals surface area contributed by atoms with Gasteiger partial charge in [0.05, 0.1) is 13.2 Å². The molecule has 0 bridgehead atoms. The van der Waals surface area contributed by atoms with Gasteiger partial charge >= 0.3 is 0 Å². The Morgan fingerprint density at radius 3 is 2.72 bits per heavy atom. The Kier molecular flexibility index (Phi) is 6.08. The zero-order valence-electron chi connectivity index (χ0n) is 15.8. The van der Waals surface area contributed by atoms with Crippen molar-refractivity contribution in [3.8, 4) is 5.88 Å². The van der Waals surface area contributed by atoms with E-state index in [-0.39, 0.29) is 12.0 Å². The van der Waals surface area contributed by atoms with Gasteiger partial charge in [-0.3, -0.25) is 4.79 Å². The Morgan fingerprint density at radius 1 is 1.14 bits per heavy atom. The lowest BCUT2D eigenvalue weighted by atomic mass is 10.1. The molecule has 1 amide bonds. The minimum Gasteiger partial charge on any atom is -0.473 e. The maximum atomic E-state index is 13.0. The summed E-state index contributed by atoms with van der Waals surface area (Å²) in [5, 5.41) is 0.678. The van der Waals surface area contributed by atoms with Crippen LogP contribution in [0.1, 0.15) is 27.6 Å². The molecule has 2 aromatic carbocycles. The van der Waals surface area contributed by atoms with Gasteiger partial charge in [-0.05, 0) is 29.3 Å². The molecule has 0 radical (unpaired) electrons. The number of hydrogen-bond donors (Lipinski definition) is 0. The van der Waals surface area contributed by atoms with E-state index in [9.17, 15) is 4.79 Å². The van der Waals surface area contributed by atoms with Crippen molar-refractivity contribution in [2.45, 2.75) is 12.7 Å². The maximum absolute atomic E-state index is 13.0. The number of aromatic nitrogens is 1. The number of ether oxygens (including phenoxy) is 2. The Bertz CT molecular complexity index is 963. The normalized spacial score (nSPS) is 16.4. The van der Waals surface area contributed by atoms with Gasteiger partial charge in [0.2, 0.25) is 5.88 Å². The van der Waals surface area contributed by atoms with Crippen molar-refractivity contribution < 1.29 is 14.3 Å². The first-order chi connectivity index (χ1) is 14.2. The highest BCUT2D eigenvalue weighted by atomic mass is 35.5. The number of hydrogen-bond acceptors (Lipinski definition) is 4. The van der Waals surface area contributed by atoms with Crippen LogP contribution in [0.2, 0.25) is 5.02 Å². The van der Waals surface area contributed by atoms with Gasteiger partial charge in [0.1, 0.15) is 12.7 Å². The molecule has 1 saturated heterocycles. The molecule has 1 aliphatic rings. The molecule has 4 rings (SSSR count). The second-order valence-corrected chi connectivity index (χ2v) is 7.26. The molecule has 29 heavy (non-hydrogen) atoms. The van der Waals surface area contributed by atoms with Crippen molar-refractivity contribution in [2.75, 3.05) is 19.7 Å². The summed E-state index contributed by atoms with van der Waals surface area (Å²) < 4.78 is 11.6. The van der Waals surface area contributed by atoms with E-state index in [0.717, 1.165) is 11.1 Å². The molecule has 2 heterocycles. The van der Waals surface area contributed by atoms with Crippen LogP contribution < -0.4 is 4.74 Å². The van der Waals surface area contributed by atoms with Crippen LogP contribution in [0.15, 0.2) is 72.9 Å². The van der Waals surface area contributed by atoms with Crippen LogP contribution in [-0.2, 0) is 11.3 Å². The van der Waals surface area contributed by atoms with E-state index in [1.54, 1.807) is 23.2 Å². The van der Waals surface area contributed by atoms with Gasteiger partial charge in [-0.25, -0.2) is 4.98 Å². The first kappa shape index (κ1) is 19.4. The first-order valence-electron chi connectivity index (χ1n) is 9.48. The van der Waals surface area contributed by atoms with Gasteiger partial charge in [0, 0.05) is 29.4 Å². The number of halogens is 1. The van der Waals surface area contributed by atoms with Crippen LogP contribution in [0.5, 0.6) is 5.88 Å². The third kappa shape index (κ3) is 4.94. The van der Waals surface area contributed by atoms with Gasteiger partial charge in [-0.15, -0.1) is 0 Å². The van der Waals surface area contributed by atoms with E-state index >= 15 is 0 Å². The minimum absolute atomic E-state index is 0.0563. The summed E-state index contributed by atoms with van der Waals surface area (Å²) >= 11 is 5.97. The molecule has 1 atom stereocenters. The van der Waals surface area contributed by atoms with Crippen molar-refractivity contribution in [1.29, 1.82) is 0 Å². The van der Waals surface area contributed by atoms with Crippen LogP contribution in [0.25, 0.3) is 0 Å². The summed E-state index contributed by atoms with van der Waals surface area (Å²) in [7, 11) is 0. The molecule has 5 nitrogen and oxygen atoms in total. The molecule has 1 aromatic heterocycles. The third-order valence-corrected chi connectivity index (χ3v) is 5.06. The Hall–Kier alpha value is -2.89. The smallest absolute Gasteiger partial charge is 0.254 e. The summed E-state index contributed by atoms with van der Waals surface area (Å²) in [5.41, 5.74) is 2.61. The summed E-state index contributed by atoms with van der Waals surface area (Å²) in [4.78, 5) is 19.1. The average Bonchev–Trinajstić information content (AvgIpc) is 2.79. The quantitative estimate of drug-likeness (QED) is 0.622. The number of benzene rings is 2. The SMILES string of the molecule is O=C(c1ccnc(OCc2ccccc2)c1)N1CCOC(c2ccc(Cl)cc2)C1. The van der Waals surface area contributed by atoms with Gasteiger partial charge in [-0.2, -0.15) is 0 Å². The van der Waals surface area contributed by atoms with E-state index in [1.165, 1.54) is 0 Å². The summed E-state index contributed by atoms with van der Waals surface area (Å²) in [5.74, 6) is 0.376. The lowest BCUT2D eigenvalue weighted by Gasteiger charge is -2.33. The predicted octanol–water partition coefficient (Wildman–Crippen LogP) is 4.53. The molecule has 6 heteroatoms. The fourth-order valence-electron chi connectivity index (χ4n) is 3.25. The number of carbonyl (C=O) groups excluding carboxylic acids is 1. The van der Waals surface area contributed by atoms with Gasteiger partial charge in [0.15, 0.2) is 0 Å². The Morgan fingerprint density at radius 2 is 1.93 bits per heavy atom. The van der Waals surface area contributed by atoms with Gasteiger partial charge in [-0.1, -0.05) is 54.1 Å². The molecule has 0 aliphatic carbocycles. The number of nitrogens with zero attached hydrogens (tertiary/aromatic N) is 2. The van der Waals surface area contributed by atoms with Gasteiger partial charge < -0.3 is 14.4 Å². The lowest BCUT2D eigenvalue weighted by Crippen LogP contribution is -2.42. The van der Waals surface area contributed by atoms with E-state index in [0.29, 0.717) is 42.8 Å². The lowest BCUT2D eigenvalue weighted by molar-refractivity contribution is -0.0228. The molecule has 1 unspecified atom stereocenters. The topological polar surface area (TPSA) is 51.7 Å². The number of morpholine rings is 1. The highest BCUT2D eigenvalue weighted by Gasteiger charge is 2.26. The highest BCUT2D eigenvalue weighted by Crippen LogP contribution is 2.25. The van der Waals surface area contributed by atoms with E-state index < -0.39 is 0 Å². The van der Waals surface area contributed by atoms with Crippen molar-refractivity contribution in [1.82, 2.24) is 9.88 Å². The van der Waals surface area contributed by atoms with Crippen LogP contribution >= 0.6 is 11.6 Å². The summed E-state index contributed by atoms with van der Waals surface area (Å²) in [6.45, 7) is 1.93. The molecule has 0 N–H and O–H groups in total. The summed E-state index contributed by atoms with van der Waals surface area (Å²) in [6.07, 6.45) is 1.44. The second-order valence-electron chi connectivity index (χ2n) is 6.82. The Balaban J connectivity index is 1.42. The molecule has 3 aromatic rings. The molecular formula is C23H21ClN2O3. The molecule has 1 fully saturated rings. The van der Waals surface area contributed by atoms with Crippen molar-refractivity contribution in [2.24, 2.45) is 0 Å². The fraction of sp³-hybridized carbons (Fsp3) is 0.217. The number of rotatable bonds is 5. The largest absolute Gasteiger partial charge is 0.473 e. The third-order valence-electron chi connectivity index (χ3n) is 4.81. The van der Waals surface area contributed by atoms with Crippen LogP contribution in [0.3, 0.4) is 0 Å². The zero-order chi connectivity index (χ0) is 20.1. The Labute approximate surface area is 174 Å². The molecule has 0 saturated carbocycles. The number of carbonyl (C=O) groups is 1. The predicted molar refractivity (Wildman–Crippen MR) is 111 cm³/mol. The summed E-state index contributed by atoms with van der Waals surface area (Å²) in [6, 6.07) is 20.8. The van der Waals surface area contributed by atoms with E-state index in [2.05, 4.69) is 4.98 Å². The number of amides is 1. The monoisotopic (exact) mass is 408 g/mol. The minimum atomic E-state index is -0.166. The standard InChI is InChI=1S/C23H21ClN2O3/c24-20-8-6-18(7-9-20)21-15-26(12-13-28-21)23(27)19-10-11-25-22(14-19)29-16-17-4-2-1-3-5-17/h1-11,14,21H,12-13,15-16H2. The molecular weight excluding hydrogens is 388 g/mol. The van der Waals surface area contributed by atoms with Crippen molar-refractivity contribution >= 4 is 17.5 Å². The molecule has 1 aliphatic heterocycles. The van der Waals surface area contributed by atoms with Crippen LogP contribution in [0.4, 0.5) is 0 Å². The molecule has 0 spiro atoms. The fourth-order valence-corrected chi connectivity index (χ4v) is 3.37. The van der Waals surface area contributed by atoms with E-state index in [4.69, 9.17) is 21.1 Å². The van der Waals surface area contributed by atoms with Crippen LogP contribution in [-0.4, -0.2) is 35.5 Å². The van der Waals surface area contributed by atoms with Crippen molar-refractivity contribution in [3.63, 3.8) is 0 Å². The first-order valence-corrected chi connectivity index (χ1v) is 9.86.